The fourth-order valence-corrected chi connectivity index (χ4v) is 1.29. The normalized spacial score (nSPS) is 11.1. The zero-order valence-corrected chi connectivity index (χ0v) is 10.1. The molecule has 0 heterocycles. The number of carbonyl (C=O) groups is 1. The Hall–Kier alpha value is -2.04. The summed E-state index contributed by atoms with van der Waals surface area (Å²) in [6, 6.07) is 5.30. The molecule has 0 fully saturated rings. The SMILES string of the molecule is COC(=O)COc1ccc(/C(C)=N/O)cc1C. The van der Waals surface area contributed by atoms with Crippen molar-refractivity contribution in [1.29, 1.82) is 0 Å². The molecule has 5 heteroatoms. The van der Waals surface area contributed by atoms with E-state index in [0.29, 0.717) is 11.5 Å². The summed E-state index contributed by atoms with van der Waals surface area (Å²) in [5.74, 6) is 0.173. The molecule has 5 nitrogen and oxygen atoms in total. The number of aryl methyl sites for hydroxylation is 1. The molecule has 17 heavy (non-hydrogen) atoms. The second-order valence-corrected chi connectivity index (χ2v) is 3.53. The molecular formula is C12H15NO4. The van der Waals surface area contributed by atoms with Crippen LogP contribution in [-0.4, -0.2) is 30.6 Å². The summed E-state index contributed by atoms with van der Waals surface area (Å²) >= 11 is 0. The first kappa shape index (κ1) is 13.0. The zero-order valence-electron chi connectivity index (χ0n) is 10.1. The van der Waals surface area contributed by atoms with Crippen LogP contribution in [0.2, 0.25) is 0 Å². The first-order valence-electron chi connectivity index (χ1n) is 5.07. The van der Waals surface area contributed by atoms with E-state index >= 15 is 0 Å². The second kappa shape index (κ2) is 5.89. The number of carbonyl (C=O) groups excluding carboxylic acids is 1. The van der Waals surface area contributed by atoms with Gasteiger partial charge in [-0.15, -0.1) is 0 Å². The molecule has 0 saturated carbocycles. The highest BCUT2D eigenvalue weighted by molar-refractivity contribution is 5.98. The molecule has 0 aromatic heterocycles. The molecule has 0 bridgehead atoms. The molecule has 1 N–H and O–H groups in total. The summed E-state index contributed by atoms with van der Waals surface area (Å²) in [7, 11) is 1.31. The Morgan fingerprint density at radius 2 is 2.18 bits per heavy atom. The average molecular weight is 237 g/mol. The van der Waals surface area contributed by atoms with E-state index in [4.69, 9.17) is 9.94 Å². The van der Waals surface area contributed by atoms with Gasteiger partial charge in [0.25, 0.3) is 0 Å². The molecule has 0 aliphatic carbocycles. The number of methoxy groups -OCH3 is 1. The quantitative estimate of drug-likeness (QED) is 0.375. The number of nitrogens with zero attached hydrogens (tertiary/aromatic N) is 1. The van der Waals surface area contributed by atoms with Gasteiger partial charge in [-0.25, -0.2) is 4.79 Å². The first-order valence-corrected chi connectivity index (χ1v) is 5.07. The molecule has 0 aliphatic rings. The molecule has 0 amide bonds. The molecule has 0 atom stereocenters. The summed E-state index contributed by atoms with van der Waals surface area (Å²) in [4.78, 5) is 10.9. The number of hydrogen-bond acceptors (Lipinski definition) is 5. The number of hydrogen-bond donors (Lipinski definition) is 1. The highest BCUT2D eigenvalue weighted by Crippen LogP contribution is 2.19. The van der Waals surface area contributed by atoms with Gasteiger partial charge in [-0.3, -0.25) is 0 Å². The molecule has 0 spiro atoms. The van der Waals surface area contributed by atoms with E-state index in [2.05, 4.69) is 9.89 Å². The smallest absolute Gasteiger partial charge is 0.343 e. The molecular weight excluding hydrogens is 222 g/mol. The number of ether oxygens (including phenoxy) is 2. The summed E-state index contributed by atoms with van der Waals surface area (Å²) in [5, 5.41) is 11.8. The largest absolute Gasteiger partial charge is 0.482 e. The lowest BCUT2D eigenvalue weighted by Crippen LogP contribution is -2.13. The summed E-state index contributed by atoms with van der Waals surface area (Å²) in [6.07, 6.45) is 0. The minimum absolute atomic E-state index is 0.121. The Morgan fingerprint density at radius 3 is 2.71 bits per heavy atom. The van der Waals surface area contributed by atoms with Crippen molar-refractivity contribution < 1.29 is 19.5 Å². The number of rotatable bonds is 4. The first-order chi connectivity index (χ1) is 8.08. The van der Waals surface area contributed by atoms with Crippen molar-refractivity contribution in [2.24, 2.45) is 5.16 Å². The number of esters is 1. The predicted molar refractivity (Wildman–Crippen MR) is 62.7 cm³/mol. The zero-order chi connectivity index (χ0) is 12.8. The third-order valence-corrected chi connectivity index (χ3v) is 2.32. The van der Waals surface area contributed by atoms with Crippen molar-refractivity contribution in [2.75, 3.05) is 13.7 Å². The Bertz CT molecular complexity index is 440. The van der Waals surface area contributed by atoms with Gasteiger partial charge in [0, 0.05) is 0 Å². The van der Waals surface area contributed by atoms with E-state index < -0.39 is 5.97 Å². The van der Waals surface area contributed by atoms with Crippen molar-refractivity contribution in [3.05, 3.63) is 29.3 Å². The van der Waals surface area contributed by atoms with Crippen molar-refractivity contribution in [3.63, 3.8) is 0 Å². The molecule has 0 radical (unpaired) electrons. The van der Waals surface area contributed by atoms with Crippen LogP contribution in [0, 0.1) is 6.92 Å². The van der Waals surface area contributed by atoms with Crippen molar-refractivity contribution >= 4 is 11.7 Å². The lowest BCUT2D eigenvalue weighted by atomic mass is 10.1. The second-order valence-electron chi connectivity index (χ2n) is 3.53. The third kappa shape index (κ3) is 3.48. The number of oxime groups is 1. The van der Waals surface area contributed by atoms with E-state index in [0.717, 1.165) is 11.1 Å². The van der Waals surface area contributed by atoms with Crippen molar-refractivity contribution in [1.82, 2.24) is 0 Å². The lowest BCUT2D eigenvalue weighted by Gasteiger charge is -2.09. The van der Waals surface area contributed by atoms with Gasteiger partial charge in [-0.1, -0.05) is 5.16 Å². The molecule has 1 aromatic rings. The van der Waals surface area contributed by atoms with Crippen LogP contribution in [0.4, 0.5) is 0 Å². The van der Waals surface area contributed by atoms with Gasteiger partial charge in [0.05, 0.1) is 12.8 Å². The highest BCUT2D eigenvalue weighted by Gasteiger charge is 2.06. The van der Waals surface area contributed by atoms with Crippen LogP contribution >= 0.6 is 0 Å². The van der Waals surface area contributed by atoms with Gasteiger partial charge in [-0.2, -0.15) is 0 Å². The summed E-state index contributed by atoms with van der Waals surface area (Å²) in [6.45, 7) is 3.42. The topological polar surface area (TPSA) is 68.1 Å². The van der Waals surface area contributed by atoms with E-state index in [1.165, 1.54) is 7.11 Å². The van der Waals surface area contributed by atoms with Crippen LogP contribution in [0.3, 0.4) is 0 Å². The van der Waals surface area contributed by atoms with Gasteiger partial charge in [-0.05, 0) is 43.2 Å². The number of benzene rings is 1. The Morgan fingerprint density at radius 1 is 1.47 bits per heavy atom. The van der Waals surface area contributed by atoms with E-state index in [1.54, 1.807) is 19.1 Å². The minimum atomic E-state index is -0.429. The maximum atomic E-state index is 10.9. The lowest BCUT2D eigenvalue weighted by molar-refractivity contribution is -0.142. The predicted octanol–water partition coefficient (Wildman–Crippen LogP) is 1.75. The molecule has 0 aliphatic heterocycles. The van der Waals surface area contributed by atoms with E-state index in [1.807, 2.05) is 13.0 Å². The summed E-state index contributed by atoms with van der Waals surface area (Å²) in [5.41, 5.74) is 2.18. The molecule has 1 rings (SSSR count). The maximum Gasteiger partial charge on any atom is 0.343 e. The van der Waals surface area contributed by atoms with Gasteiger partial charge in [0.15, 0.2) is 6.61 Å². The third-order valence-electron chi connectivity index (χ3n) is 2.32. The van der Waals surface area contributed by atoms with Crippen molar-refractivity contribution in [3.8, 4) is 5.75 Å². The van der Waals surface area contributed by atoms with Gasteiger partial charge < -0.3 is 14.7 Å². The average Bonchev–Trinajstić information content (AvgIpc) is 2.35. The molecule has 0 unspecified atom stereocenters. The van der Waals surface area contributed by atoms with E-state index in [9.17, 15) is 4.79 Å². The van der Waals surface area contributed by atoms with Crippen LogP contribution in [-0.2, 0) is 9.53 Å². The Balaban J connectivity index is 2.80. The Kier molecular flexibility index (Phi) is 4.51. The van der Waals surface area contributed by atoms with Crippen LogP contribution in [0.5, 0.6) is 5.75 Å². The summed E-state index contributed by atoms with van der Waals surface area (Å²) < 4.78 is 9.76. The fraction of sp³-hybridized carbons (Fsp3) is 0.333. The van der Waals surface area contributed by atoms with Crippen molar-refractivity contribution in [2.45, 2.75) is 13.8 Å². The minimum Gasteiger partial charge on any atom is -0.482 e. The van der Waals surface area contributed by atoms with Gasteiger partial charge in [0.1, 0.15) is 5.75 Å². The van der Waals surface area contributed by atoms with Crippen LogP contribution < -0.4 is 4.74 Å². The highest BCUT2D eigenvalue weighted by atomic mass is 16.6. The molecule has 92 valence electrons. The van der Waals surface area contributed by atoms with E-state index in [-0.39, 0.29) is 6.61 Å². The van der Waals surface area contributed by atoms with Gasteiger partial charge >= 0.3 is 5.97 Å². The monoisotopic (exact) mass is 237 g/mol. The van der Waals surface area contributed by atoms with Crippen LogP contribution in [0.15, 0.2) is 23.4 Å². The molecule has 0 saturated heterocycles. The standard InChI is InChI=1S/C12H15NO4/c1-8-6-10(9(2)13-15)4-5-11(8)17-7-12(14)16-3/h4-6,15H,7H2,1-3H3/b13-9+. The maximum absolute atomic E-state index is 10.9. The fourth-order valence-electron chi connectivity index (χ4n) is 1.29. The van der Waals surface area contributed by atoms with Gasteiger partial charge in [0.2, 0.25) is 0 Å². The Labute approximate surface area is 99.7 Å². The van der Waals surface area contributed by atoms with Crippen LogP contribution in [0.25, 0.3) is 0 Å². The van der Waals surface area contributed by atoms with Crippen LogP contribution in [0.1, 0.15) is 18.1 Å². The molecule has 1 aromatic carbocycles.